The number of fused-ring (bicyclic) bond motifs is 4. The number of aromatic amines is 1. The average Bonchev–Trinajstić information content (AvgIpc) is 3.49. The van der Waals surface area contributed by atoms with E-state index in [0.717, 1.165) is 16.5 Å². The fraction of sp³-hybridized carbons (Fsp3) is 0.630. The van der Waals surface area contributed by atoms with E-state index in [4.69, 9.17) is 28.4 Å². The Morgan fingerprint density at radius 2 is 1.73 bits per heavy atom. The summed E-state index contributed by atoms with van der Waals surface area (Å²) in [7, 11) is 1.32. The number of para-hydroxylation sites is 1. The number of hydrogen-bond acceptors (Lipinski definition) is 8. The van der Waals surface area contributed by atoms with Crippen molar-refractivity contribution in [1.82, 2.24) is 10.3 Å². The van der Waals surface area contributed by atoms with Gasteiger partial charge in [0.1, 0.15) is 24.4 Å². The molecule has 2 N–H and O–H groups in total. The van der Waals surface area contributed by atoms with Crippen LogP contribution in [0.5, 0.6) is 0 Å². The molecule has 0 radical (unpaired) electrons. The lowest BCUT2D eigenvalue weighted by atomic mass is 9.95. The van der Waals surface area contributed by atoms with Gasteiger partial charge in [0.15, 0.2) is 17.9 Å². The van der Waals surface area contributed by atoms with Gasteiger partial charge in [0.05, 0.1) is 13.2 Å². The van der Waals surface area contributed by atoms with Crippen molar-refractivity contribution < 1.29 is 38.0 Å². The number of hydrogen-bond donors (Lipinski definition) is 2. The minimum absolute atomic E-state index is 0.222. The van der Waals surface area contributed by atoms with E-state index >= 15 is 0 Å². The van der Waals surface area contributed by atoms with Crippen LogP contribution in [0.1, 0.15) is 52.5 Å². The van der Waals surface area contributed by atoms with Crippen molar-refractivity contribution in [2.75, 3.05) is 7.11 Å². The Hall–Kier alpha value is -2.50. The molecule has 3 saturated heterocycles. The average molecular weight is 517 g/mol. The molecule has 10 heteroatoms. The van der Waals surface area contributed by atoms with Crippen LogP contribution in [0, 0.1) is 0 Å². The van der Waals surface area contributed by atoms with Gasteiger partial charge < -0.3 is 38.7 Å². The number of H-pyrrole nitrogens is 1. The fourth-order valence-electron chi connectivity index (χ4n) is 5.51. The lowest BCUT2D eigenvalue weighted by Crippen LogP contribution is -2.54. The Balaban J connectivity index is 1.18. The van der Waals surface area contributed by atoms with Gasteiger partial charge in [-0.05, 0) is 52.2 Å². The number of carbonyl (C=O) groups excluding carboxylic acids is 2. The van der Waals surface area contributed by atoms with Crippen LogP contribution in [0.25, 0.3) is 10.9 Å². The molecular formula is C27H36N2O8. The van der Waals surface area contributed by atoms with Crippen molar-refractivity contribution in [3.8, 4) is 0 Å². The Kier molecular flexibility index (Phi) is 7.06. The van der Waals surface area contributed by atoms with Crippen molar-refractivity contribution in [1.29, 1.82) is 0 Å². The standard InChI is InChI=1S/C27H36N2O8/c1-26(2)34-21-19(33-25-23(22(21)35-26)36-27(3,4)37-25)11-8-12-20(30)29-18(24(31)32-5)13-15-14-28-17-10-7-6-9-16(15)17/h6-7,9-10,14,18-19,21-23,25,28H,8,11-13H2,1-5H3,(H,29,30)/t18-,19+,21-,22-,23+,25+/m0/s1. The lowest BCUT2D eigenvalue weighted by molar-refractivity contribution is -0.235. The van der Waals surface area contributed by atoms with E-state index in [0.29, 0.717) is 19.3 Å². The Bertz CT molecular complexity index is 1140. The predicted octanol–water partition coefficient (Wildman–Crippen LogP) is 2.94. The van der Waals surface area contributed by atoms with E-state index < -0.39 is 29.9 Å². The van der Waals surface area contributed by atoms with E-state index in [2.05, 4.69) is 10.3 Å². The molecule has 3 aliphatic rings. The second kappa shape index (κ2) is 9.99. The summed E-state index contributed by atoms with van der Waals surface area (Å²) in [6, 6.07) is 7.04. The van der Waals surface area contributed by atoms with Crippen LogP contribution in [-0.2, 0) is 44.4 Å². The minimum atomic E-state index is -0.786. The van der Waals surface area contributed by atoms with E-state index in [1.54, 1.807) is 0 Å². The summed E-state index contributed by atoms with van der Waals surface area (Å²) in [5.74, 6) is -2.26. The summed E-state index contributed by atoms with van der Waals surface area (Å²) in [4.78, 5) is 28.5. The summed E-state index contributed by atoms with van der Waals surface area (Å²) in [6.07, 6.45) is 1.58. The van der Waals surface area contributed by atoms with Gasteiger partial charge in [0.25, 0.3) is 0 Å². The number of nitrogens with one attached hydrogen (secondary N) is 2. The van der Waals surface area contributed by atoms with Gasteiger partial charge in [-0.25, -0.2) is 4.79 Å². The molecule has 1 aromatic carbocycles. The normalized spacial score (nSPS) is 30.5. The maximum Gasteiger partial charge on any atom is 0.328 e. The fourth-order valence-corrected chi connectivity index (χ4v) is 5.51. The molecule has 0 bridgehead atoms. The van der Waals surface area contributed by atoms with Crippen LogP contribution >= 0.6 is 0 Å². The number of amides is 1. The predicted molar refractivity (Wildman–Crippen MR) is 132 cm³/mol. The highest BCUT2D eigenvalue weighted by atomic mass is 16.9. The van der Waals surface area contributed by atoms with E-state index in [9.17, 15) is 9.59 Å². The van der Waals surface area contributed by atoms with Gasteiger partial charge in [0.2, 0.25) is 5.91 Å². The smallest absolute Gasteiger partial charge is 0.328 e. The highest BCUT2D eigenvalue weighted by molar-refractivity contribution is 5.87. The van der Waals surface area contributed by atoms with Crippen LogP contribution < -0.4 is 5.32 Å². The van der Waals surface area contributed by atoms with Crippen molar-refractivity contribution in [2.45, 2.75) is 102 Å². The van der Waals surface area contributed by atoms with Crippen LogP contribution in [0.3, 0.4) is 0 Å². The molecule has 1 amide bonds. The van der Waals surface area contributed by atoms with Gasteiger partial charge in [0, 0.05) is 29.9 Å². The molecule has 1 aromatic heterocycles. The number of benzene rings is 1. The zero-order valence-corrected chi connectivity index (χ0v) is 21.9. The lowest BCUT2D eigenvalue weighted by Gasteiger charge is -2.37. The molecule has 5 rings (SSSR count). The van der Waals surface area contributed by atoms with Gasteiger partial charge in [-0.1, -0.05) is 18.2 Å². The number of ether oxygens (including phenoxy) is 6. The second-order valence-electron chi connectivity index (χ2n) is 10.8. The molecule has 0 spiro atoms. The molecule has 0 saturated carbocycles. The molecule has 37 heavy (non-hydrogen) atoms. The van der Waals surface area contributed by atoms with Crippen molar-refractivity contribution in [3.63, 3.8) is 0 Å². The molecule has 3 aliphatic heterocycles. The van der Waals surface area contributed by atoms with Crippen LogP contribution in [0.4, 0.5) is 0 Å². The third-order valence-electron chi connectivity index (χ3n) is 7.06. The van der Waals surface area contributed by atoms with Crippen LogP contribution in [0.2, 0.25) is 0 Å². The van der Waals surface area contributed by atoms with Gasteiger partial charge >= 0.3 is 5.97 Å². The minimum Gasteiger partial charge on any atom is -0.467 e. The van der Waals surface area contributed by atoms with E-state index in [1.165, 1.54) is 7.11 Å². The van der Waals surface area contributed by atoms with Crippen LogP contribution in [0.15, 0.2) is 30.5 Å². The Morgan fingerprint density at radius 3 is 2.51 bits per heavy atom. The Morgan fingerprint density at radius 1 is 1.03 bits per heavy atom. The van der Waals surface area contributed by atoms with Crippen LogP contribution in [-0.4, -0.2) is 72.3 Å². The highest BCUT2D eigenvalue weighted by Crippen LogP contribution is 2.44. The maximum absolute atomic E-state index is 12.8. The number of methoxy groups -OCH3 is 1. The summed E-state index contributed by atoms with van der Waals surface area (Å²) >= 11 is 0. The van der Waals surface area contributed by atoms with Gasteiger partial charge in [-0.15, -0.1) is 0 Å². The monoisotopic (exact) mass is 516 g/mol. The first-order valence-electron chi connectivity index (χ1n) is 12.8. The zero-order valence-electron chi connectivity index (χ0n) is 21.9. The molecule has 10 nitrogen and oxygen atoms in total. The SMILES string of the molecule is COC(=O)[C@H](Cc1c[nH]c2ccccc12)NC(=O)CCC[C@H]1O[C@@H]2OC(C)(C)O[C@@H]2[C@H]2OC(C)(C)O[C@H]21. The first-order valence-corrected chi connectivity index (χ1v) is 12.8. The summed E-state index contributed by atoms with van der Waals surface area (Å²) in [5.41, 5.74) is 1.91. The molecule has 0 aliphatic carbocycles. The van der Waals surface area contributed by atoms with Crippen molar-refractivity contribution in [2.24, 2.45) is 0 Å². The molecular weight excluding hydrogens is 480 g/mol. The highest BCUT2D eigenvalue weighted by Gasteiger charge is 2.60. The first kappa shape index (κ1) is 26.1. The number of esters is 1. The summed E-state index contributed by atoms with van der Waals surface area (Å²) in [5, 5.41) is 3.86. The number of carbonyl (C=O) groups is 2. The molecule has 6 atom stereocenters. The molecule has 3 fully saturated rings. The van der Waals surface area contributed by atoms with Crippen molar-refractivity contribution in [3.05, 3.63) is 36.0 Å². The van der Waals surface area contributed by atoms with Gasteiger partial charge in [-0.2, -0.15) is 0 Å². The summed E-state index contributed by atoms with van der Waals surface area (Å²) in [6.45, 7) is 7.43. The molecule has 2 aromatic rings. The Labute approximate surface area is 216 Å². The molecule has 4 heterocycles. The number of aromatic nitrogens is 1. The molecule has 0 unspecified atom stereocenters. The van der Waals surface area contributed by atoms with E-state index in [1.807, 2.05) is 58.2 Å². The largest absolute Gasteiger partial charge is 0.467 e. The molecule has 202 valence electrons. The summed E-state index contributed by atoms with van der Waals surface area (Å²) < 4.78 is 35.5. The zero-order chi connectivity index (χ0) is 26.4. The topological polar surface area (TPSA) is 117 Å². The van der Waals surface area contributed by atoms with Gasteiger partial charge in [-0.3, -0.25) is 4.79 Å². The van der Waals surface area contributed by atoms with E-state index in [-0.39, 0.29) is 36.7 Å². The third kappa shape index (κ3) is 5.53. The quantitative estimate of drug-likeness (QED) is 0.515. The number of rotatable bonds is 8. The van der Waals surface area contributed by atoms with Crippen molar-refractivity contribution >= 4 is 22.8 Å². The third-order valence-corrected chi connectivity index (χ3v) is 7.06. The maximum atomic E-state index is 12.8. The second-order valence-corrected chi connectivity index (χ2v) is 10.8. The first-order chi connectivity index (χ1) is 17.5.